The minimum atomic E-state index is -0.0257. The quantitative estimate of drug-likeness (QED) is 0.269. The molecule has 2 heterocycles. The second kappa shape index (κ2) is 12.2. The maximum Gasteiger partial charge on any atom is 0.233 e. The maximum absolute atomic E-state index is 12.6. The Bertz CT molecular complexity index is 1210. The number of benzene rings is 2. The first-order valence-electron chi connectivity index (χ1n) is 11.2. The Morgan fingerprint density at radius 1 is 1.06 bits per heavy atom. The Morgan fingerprint density at radius 3 is 2.63 bits per heavy atom. The summed E-state index contributed by atoms with van der Waals surface area (Å²) in [5.41, 5.74) is 2.09. The first-order valence-corrected chi connectivity index (χ1v) is 12.2. The fourth-order valence-electron chi connectivity index (χ4n) is 3.49. The summed E-state index contributed by atoms with van der Waals surface area (Å²) < 4.78 is 18.7. The van der Waals surface area contributed by atoms with Crippen molar-refractivity contribution in [2.45, 2.75) is 24.9 Å². The zero-order chi connectivity index (χ0) is 24.5. The third kappa shape index (κ3) is 6.52. The summed E-state index contributed by atoms with van der Waals surface area (Å²) in [6.07, 6.45) is 1.60. The van der Waals surface area contributed by atoms with Gasteiger partial charge in [0.2, 0.25) is 5.91 Å². The molecule has 0 atom stereocenters. The summed E-state index contributed by atoms with van der Waals surface area (Å²) in [6, 6.07) is 21.7. The molecule has 1 amide bonds. The van der Waals surface area contributed by atoms with Gasteiger partial charge in [0.05, 0.1) is 25.2 Å². The Labute approximate surface area is 208 Å². The molecule has 0 aliphatic rings. The van der Waals surface area contributed by atoms with E-state index in [-0.39, 0.29) is 18.3 Å². The lowest BCUT2D eigenvalue weighted by atomic mass is 10.1. The molecule has 4 rings (SSSR count). The van der Waals surface area contributed by atoms with Crippen LogP contribution < -0.4 is 4.74 Å². The summed E-state index contributed by atoms with van der Waals surface area (Å²) >= 11 is 1.35. The number of carbonyl (C=O) groups excluding carboxylic acids is 1. The van der Waals surface area contributed by atoms with Gasteiger partial charge < -0.3 is 23.4 Å². The lowest BCUT2D eigenvalue weighted by Gasteiger charge is -2.16. The molecule has 0 unspecified atom stereocenters. The van der Waals surface area contributed by atoms with Crippen molar-refractivity contribution in [3.63, 3.8) is 0 Å². The minimum absolute atomic E-state index is 0.0257. The van der Waals surface area contributed by atoms with Gasteiger partial charge in [0, 0.05) is 26.3 Å². The second-order valence-corrected chi connectivity index (χ2v) is 8.75. The predicted molar refractivity (Wildman–Crippen MR) is 134 cm³/mol. The molecule has 0 N–H and O–H groups in total. The molecule has 8 nitrogen and oxygen atoms in total. The number of ether oxygens (including phenoxy) is 2. The highest BCUT2D eigenvalue weighted by atomic mass is 32.2. The number of nitrogens with zero attached hydrogens (tertiary/aromatic N) is 4. The molecular weight excluding hydrogens is 464 g/mol. The second-order valence-electron chi connectivity index (χ2n) is 7.81. The highest BCUT2D eigenvalue weighted by Crippen LogP contribution is 2.30. The van der Waals surface area contributed by atoms with Gasteiger partial charge in [-0.05, 0) is 23.8 Å². The average molecular weight is 493 g/mol. The third-order valence-electron chi connectivity index (χ3n) is 5.36. The summed E-state index contributed by atoms with van der Waals surface area (Å²) in [7, 11) is 3.40. The fraction of sp³-hybridized carbons (Fsp3) is 0.269. The van der Waals surface area contributed by atoms with E-state index in [0.29, 0.717) is 30.7 Å². The number of para-hydroxylation sites is 1. The third-order valence-corrected chi connectivity index (χ3v) is 6.32. The Kier molecular flexibility index (Phi) is 8.58. The number of amides is 1. The van der Waals surface area contributed by atoms with Gasteiger partial charge in [0.1, 0.15) is 18.1 Å². The van der Waals surface area contributed by atoms with Crippen LogP contribution >= 0.6 is 11.8 Å². The topological polar surface area (TPSA) is 82.6 Å². The van der Waals surface area contributed by atoms with Crippen LogP contribution in [0, 0.1) is 0 Å². The van der Waals surface area contributed by atoms with Gasteiger partial charge in [-0.15, -0.1) is 10.2 Å². The molecule has 4 aromatic rings. The van der Waals surface area contributed by atoms with Crippen molar-refractivity contribution >= 4 is 17.7 Å². The van der Waals surface area contributed by atoms with Crippen molar-refractivity contribution in [1.82, 2.24) is 19.7 Å². The zero-order valence-corrected chi connectivity index (χ0v) is 20.6. The molecule has 9 heteroatoms. The van der Waals surface area contributed by atoms with Crippen molar-refractivity contribution in [2.75, 3.05) is 26.5 Å². The molecule has 2 aromatic carbocycles. The molecule has 182 valence electrons. The SMILES string of the molecule is COCCn1c(COc2ccccc2-c2ccccc2)nnc1SCC(=O)N(C)Cc1ccco1. The molecule has 0 spiro atoms. The van der Waals surface area contributed by atoms with Crippen LogP contribution in [0.1, 0.15) is 11.6 Å². The molecular formula is C26H28N4O4S. The van der Waals surface area contributed by atoms with Crippen molar-refractivity contribution in [3.05, 3.63) is 84.6 Å². The molecule has 0 bridgehead atoms. The van der Waals surface area contributed by atoms with Crippen molar-refractivity contribution in [3.8, 4) is 16.9 Å². The molecule has 0 radical (unpaired) electrons. The van der Waals surface area contributed by atoms with Gasteiger partial charge in [0.15, 0.2) is 11.0 Å². The number of thioether (sulfide) groups is 1. The van der Waals surface area contributed by atoms with E-state index < -0.39 is 0 Å². The van der Waals surface area contributed by atoms with Crippen molar-refractivity contribution in [1.29, 1.82) is 0 Å². The van der Waals surface area contributed by atoms with Crippen LogP contribution in [-0.2, 0) is 29.2 Å². The molecule has 0 saturated carbocycles. The number of rotatable bonds is 12. The summed E-state index contributed by atoms with van der Waals surface area (Å²) in [5, 5.41) is 9.31. The van der Waals surface area contributed by atoms with Gasteiger partial charge in [0.25, 0.3) is 0 Å². The predicted octanol–water partition coefficient (Wildman–Crippen LogP) is 4.51. The van der Waals surface area contributed by atoms with Crippen LogP contribution in [0.5, 0.6) is 5.75 Å². The van der Waals surface area contributed by atoms with E-state index in [1.807, 2.05) is 59.2 Å². The minimum Gasteiger partial charge on any atom is -0.485 e. The molecule has 0 aliphatic heterocycles. The summed E-state index contributed by atoms with van der Waals surface area (Å²) in [6.45, 7) is 1.71. The van der Waals surface area contributed by atoms with Crippen LogP contribution in [-0.4, -0.2) is 52.1 Å². The molecule has 2 aromatic heterocycles. The average Bonchev–Trinajstić information content (AvgIpc) is 3.55. The smallest absolute Gasteiger partial charge is 0.233 e. The number of hydrogen-bond donors (Lipinski definition) is 0. The Morgan fingerprint density at radius 2 is 1.86 bits per heavy atom. The molecule has 35 heavy (non-hydrogen) atoms. The summed E-state index contributed by atoms with van der Waals surface area (Å²) in [5.74, 6) is 2.39. The normalized spacial score (nSPS) is 10.9. The lowest BCUT2D eigenvalue weighted by molar-refractivity contribution is -0.127. The van der Waals surface area contributed by atoms with Gasteiger partial charge in [-0.2, -0.15) is 0 Å². The van der Waals surface area contributed by atoms with Crippen molar-refractivity contribution < 1.29 is 18.7 Å². The first-order chi connectivity index (χ1) is 17.2. The molecule has 0 fully saturated rings. The highest BCUT2D eigenvalue weighted by Gasteiger charge is 2.17. The Balaban J connectivity index is 1.43. The van der Waals surface area contributed by atoms with E-state index in [0.717, 1.165) is 22.6 Å². The first kappa shape index (κ1) is 24.6. The standard InChI is InChI=1S/C26H28N4O4S/c1-29(17-21-11-8-15-33-21)25(31)19-35-26-28-27-24(30(26)14-16-32-2)18-34-23-13-7-6-12-22(23)20-9-4-3-5-10-20/h3-13,15H,14,16-19H2,1-2H3. The van der Waals surface area contributed by atoms with Crippen LogP contribution in [0.25, 0.3) is 11.1 Å². The van der Waals surface area contributed by atoms with Crippen molar-refractivity contribution in [2.24, 2.45) is 0 Å². The highest BCUT2D eigenvalue weighted by molar-refractivity contribution is 7.99. The zero-order valence-electron chi connectivity index (χ0n) is 19.8. The summed E-state index contributed by atoms with van der Waals surface area (Å²) in [4.78, 5) is 14.2. The Hall–Kier alpha value is -3.56. The van der Waals surface area contributed by atoms with Gasteiger partial charge >= 0.3 is 0 Å². The monoisotopic (exact) mass is 492 g/mol. The van der Waals surface area contributed by atoms with Gasteiger partial charge in [-0.1, -0.05) is 60.3 Å². The number of methoxy groups -OCH3 is 1. The molecule has 0 aliphatic carbocycles. The van der Waals surface area contributed by atoms with E-state index in [9.17, 15) is 4.79 Å². The van der Waals surface area contributed by atoms with Crippen LogP contribution in [0.15, 0.2) is 82.6 Å². The van der Waals surface area contributed by atoms with E-state index >= 15 is 0 Å². The fourth-order valence-corrected chi connectivity index (χ4v) is 4.42. The van der Waals surface area contributed by atoms with Crippen LogP contribution in [0.4, 0.5) is 0 Å². The largest absolute Gasteiger partial charge is 0.485 e. The maximum atomic E-state index is 12.6. The van der Waals surface area contributed by atoms with E-state index in [4.69, 9.17) is 13.9 Å². The number of furan rings is 1. The number of aromatic nitrogens is 3. The van der Waals surface area contributed by atoms with Gasteiger partial charge in [-0.25, -0.2) is 0 Å². The lowest BCUT2D eigenvalue weighted by Crippen LogP contribution is -2.27. The number of carbonyl (C=O) groups is 1. The van der Waals surface area contributed by atoms with E-state index in [1.165, 1.54) is 11.8 Å². The number of hydrogen-bond acceptors (Lipinski definition) is 7. The molecule has 0 saturated heterocycles. The van der Waals surface area contributed by atoms with E-state index in [1.54, 1.807) is 25.3 Å². The van der Waals surface area contributed by atoms with E-state index in [2.05, 4.69) is 22.3 Å². The van der Waals surface area contributed by atoms with Crippen LogP contribution in [0.2, 0.25) is 0 Å². The van der Waals surface area contributed by atoms with Crippen LogP contribution in [0.3, 0.4) is 0 Å². The van der Waals surface area contributed by atoms with Gasteiger partial charge in [-0.3, -0.25) is 4.79 Å².